The van der Waals surface area contributed by atoms with Gasteiger partial charge >= 0.3 is 0 Å². The molecule has 1 atom stereocenters. The topological polar surface area (TPSA) is 49.6 Å². The molecule has 0 amide bonds. The first-order valence-corrected chi connectivity index (χ1v) is 8.61. The number of aliphatic imine (C=N–C) groups is 1. The first kappa shape index (κ1) is 16.4. The molecule has 1 aliphatic carbocycles. The molecule has 4 heteroatoms. The Bertz CT molecular complexity index is 653. The van der Waals surface area contributed by atoms with Crippen molar-refractivity contribution in [3.63, 3.8) is 0 Å². The molecule has 2 N–H and O–H groups in total. The lowest BCUT2D eigenvalue weighted by molar-refractivity contribution is 0.510. The Morgan fingerprint density at radius 2 is 1.96 bits per heavy atom. The van der Waals surface area contributed by atoms with E-state index in [1.54, 1.807) is 6.26 Å². The van der Waals surface area contributed by atoms with Crippen LogP contribution in [0.25, 0.3) is 0 Å². The SMILES string of the molecule is CC(NC(=NCCc1ccco1)NC1CC=CC1)c1ccccc1. The summed E-state index contributed by atoms with van der Waals surface area (Å²) >= 11 is 0. The van der Waals surface area contributed by atoms with Crippen molar-refractivity contribution in [3.8, 4) is 0 Å². The van der Waals surface area contributed by atoms with Crippen LogP contribution in [0.3, 0.4) is 0 Å². The maximum atomic E-state index is 5.38. The zero-order valence-electron chi connectivity index (χ0n) is 14.1. The van der Waals surface area contributed by atoms with E-state index in [2.05, 4.69) is 54.0 Å². The summed E-state index contributed by atoms with van der Waals surface area (Å²) in [6, 6.07) is 15.0. The molecule has 1 aromatic carbocycles. The van der Waals surface area contributed by atoms with Crippen LogP contribution in [0.1, 0.15) is 37.1 Å². The molecule has 1 aromatic heterocycles. The van der Waals surface area contributed by atoms with E-state index in [0.717, 1.165) is 31.0 Å². The van der Waals surface area contributed by atoms with Crippen molar-refractivity contribution in [3.05, 3.63) is 72.2 Å². The van der Waals surface area contributed by atoms with Gasteiger partial charge in [0, 0.05) is 19.0 Å². The molecule has 0 radical (unpaired) electrons. The minimum Gasteiger partial charge on any atom is -0.469 e. The third kappa shape index (κ3) is 4.75. The second-order valence-electron chi connectivity index (χ2n) is 6.12. The van der Waals surface area contributed by atoms with Crippen LogP contribution in [0.4, 0.5) is 0 Å². The molecule has 1 aliphatic rings. The smallest absolute Gasteiger partial charge is 0.191 e. The molecular weight excluding hydrogens is 298 g/mol. The van der Waals surface area contributed by atoms with Crippen LogP contribution in [0.15, 0.2) is 70.3 Å². The molecule has 2 aromatic rings. The Morgan fingerprint density at radius 1 is 1.17 bits per heavy atom. The number of benzene rings is 1. The van der Waals surface area contributed by atoms with Crippen LogP contribution >= 0.6 is 0 Å². The largest absolute Gasteiger partial charge is 0.469 e. The van der Waals surface area contributed by atoms with Crippen molar-refractivity contribution in [2.45, 2.75) is 38.3 Å². The van der Waals surface area contributed by atoms with Crippen molar-refractivity contribution < 1.29 is 4.42 Å². The van der Waals surface area contributed by atoms with Crippen LogP contribution < -0.4 is 10.6 Å². The monoisotopic (exact) mass is 323 g/mol. The predicted octanol–water partition coefficient (Wildman–Crippen LogP) is 3.84. The van der Waals surface area contributed by atoms with Crippen molar-refractivity contribution >= 4 is 5.96 Å². The average Bonchev–Trinajstić information content (AvgIpc) is 3.29. The van der Waals surface area contributed by atoms with Gasteiger partial charge in [0.05, 0.1) is 12.3 Å². The van der Waals surface area contributed by atoms with Gasteiger partial charge in [-0.1, -0.05) is 42.5 Å². The van der Waals surface area contributed by atoms with Gasteiger partial charge in [-0.15, -0.1) is 0 Å². The van der Waals surface area contributed by atoms with Crippen molar-refractivity contribution in [2.75, 3.05) is 6.54 Å². The Balaban J connectivity index is 1.61. The van der Waals surface area contributed by atoms with Crippen LogP contribution in [-0.2, 0) is 6.42 Å². The lowest BCUT2D eigenvalue weighted by Gasteiger charge is -2.21. The van der Waals surface area contributed by atoms with Gasteiger partial charge < -0.3 is 15.1 Å². The molecule has 0 saturated heterocycles. The number of rotatable bonds is 6. The molecule has 1 heterocycles. The molecule has 1 unspecified atom stereocenters. The highest BCUT2D eigenvalue weighted by molar-refractivity contribution is 5.80. The highest BCUT2D eigenvalue weighted by atomic mass is 16.3. The summed E-state index contributed by atoms with van der Waals surface area (Å²) in [6.07, 6.45) is 9.06. The average molecular weight is 323 g/mol. The summed E-state index contributed by atoms with van der Waals surface area (Å²) in [4.78, 5) is 4.73. The second-order valence-corrected chi connectivity index (χ2v) is 6.12. The Morgan fingerprint density at radius 3 is 2.67 bits per heavy atom. The van der Waals surface area contributed by atoms with E-state index in [1.807, 2.05) is 18.2 Å². The third-order valence-electron chi connectivity index (χ3n) is 4.21. The molecule has 3 rings (SSSR count). The van der Waals surface area contributed by atoms with Crippen LogP contribution in [0.2, 0.25) is 0 Å². The molecule has 24 heavy (non-hydrogen) atoms. The molecule has 4 nitrogen and oxygen atoms in total. The Kier molecular flexibility index (Phi) is 5.72. The van der Waals surface area contributed by atoms with Crippen molar-refractivity contribution in [2.24, 2.45) is 4.99 Å². The fourth-order valence-electron chi connectivity index (χ4n) is 2.82. The van der Waals surface area contributed by atoms with Gasteiger partial charge in [0.25, 0.3) is 0 Å². The van der Waals surface area contributed by atoms with Gasteiger partial charge in [0.15, 0.2) is 5.96 Å². The van der Waals surface area contributed by atoms with Gasteiger partial charge in [-0.25, -0.2) is 0 Å². The van der Waals surface area contributed by atoms with E-state index in [4.69, 9.17) is 9.41 Å². The fourth-order valence-corrected chi connectivity index (χ4v) is 2.82. The molecule has 126 valence electrons. The summed E-state index contributed by atoms with van der Waals surface area (Å²) < 4.78 is 5.38. The highest BCUT2D eigenvalue weighted by Crippen LogP contribution is 2.13. The lowest BCUT2D eigenvalue weighted by Crippen LogP contribution is -2.43. The Hall–Kier alpha value is -2.49. The third-order valence-corrected chi connectivity index (χ3v) is 4.21. The van der Waals surface area contributed by atoms with Gasteiger partial charge in [-0.05, 0) is 37.5 Å². The molecular formula is C20H25N3O. The van der Waals surface area contributed by atoms with Gasteiger partial charge in [0.2, 0.25) is 0 Å². The number of furan rings is 1. The first-order valence-electron chi connectivity index (χ1n) is 8.61. The van der Waals surface area contributed by atoms with Crippen molar-refractivity contribution in [1.29, 1.82) is 0 Å². The molecule has 0 fully saturated rings. The zero-order valence-corrected chi connectivity index (χ0v) is 14.1. The summed E-state index contributed by atoms with van der Waals surface area (Å²) in [7, 11) is 0. The van der Waals surface area contributed by atoms with Gasteiger partial charge in [-0.3, -0.25) is 4.99 Å². The summed E-state index contributed by atoms with van der Waals surface area (Å²) in [6.45, 7) is 2.86. The summed E-state index contributed by atoms with van der Waals surface area (Å²) in [5, 5.41) is 7.06. The molecule has 0 saturated carbocycles. The number of nitrogens with zero attached hydrogens (tertiary/aromatic N) is 1. The van der Waals surface area contributed by atoms with E-state index in [0.29, 0.717) is 12.6 Å². The van der Waals surface area contributed by atoms with Gasteiger partial charge in [-0.2, -0.15) is 0 Å². The zero-order chi connectivity index (χ0) is 16.6. The minimum atomic E-state index is 0.204. The van der Waals surface area contributed by atoms with Crippen LogP contribution in [-0.4, -0.2) is 18.5 Å². The maximum Gasteiger partial charge on any atom is 0.191 e. The van der Waals surface area contributed by atoms with E-state index < -0.39 is 0 Å². The molecule has 0 aliphatic heterocycles. The first-order chi connectivity index (χ1) is 11.8. The number of hydrogen-bond donors (Lipinski definition) is 2. The van der Waals surface area contributed by atoms with E-state index in [-0.39, 0.29) is 6.04 Å². The van der Waals surface area contributed by atoms with Gasteiger partial charge in [0.1, 0.15) is 5.76 Å². The lowest BCUT2D eigenvalue weighted by atomic mass is 10.1. The highest BCUT2D eigenvalue weighted by Gasteiger charge is 2.14. The maximum absolute atomic E-state index is 5.38. The van der Waals surface area contributed by atoms with Crippen LogP contribution in [0, 0.1) is 0 Å². The second kappa shape index (κ2) is 8.39. The normalized spacial score (nSPS) is 16.3. The standard InChI is InChI=1S/C20H25N3O/c1-16(17-8-3-2-4-9-17)22-20(23-18-10-5-6-11-18)21-14-13-19-12-7-15-24-19/h2-9,12,15-16,18H,10-11,13-14H2,1H3,(H2,21,22,23). The Labute approximate surface area is 143 Å². The number of guanidine groups is 1. The fraction of sp³-hybridized carbons (Fsp3) is 0.350. The minimum absolute atomic E-state index is 0.204. The molecule has 0 bridgehead atoms. The van der Waals surface area contributed by atoms with E-state index in [1.165, 1.54) is 5.56 Å². The molecule has 0 spiro atoms. The number of nitrogens with one attached hydrogen (secondary N) is 2. The van der Waals surface area contributed by atoms with Crippen LogP contribution in [0.5, 0.6) is 0 Å². The quantitative estimate of drug-likeness (QED) is 0.482. The van der Waals surface area contributed by atoms with E-state index in [9.17, 15) is 0 Å². The summed E-state index contributed by atoms with van der Waals surface area (Å²) in [5.74, 6) is 1.84. The predicted molar refractivity (Wildman–Crippen MR) is 98.0 cm³/mol. The van der Waals surface area contributed by atoms with Crippen molar-refractivity contribution in [1.82, 2.24) is 10.6 Å². The number of hydrogen-bond acceptors (Lipinski definition) is 2. The summed E-state index contributed by atoms with van der Waals surface area (Å²) in [5.41, 5.74) is 1.25. The van der Waals surface area contributed by atoms with E-state index >= 15 is 0 Å².